The molecule has 0 aliphatic heterocycles. The zero-order valence-electron chi connectivity index (χ0n) is 14.3. The molecule has 0 saturated heterocycles. The van der Waals surface area contributed by atoms with E-state index in [0.29, 0.717) is 16.8 Å². The maximum absolute atomic E-state index is 12.1. The van der Waals surface area contributed by atoms with Crippen LogP contribution in [0, 0.1) is 23.7 Å². The highest BCUT2D eigenvalue weighted by Crippen LogP contribution is 2.05. The van der Waals surface area contributed by atoms with Gasteiger partial charge in [0.05, 0.1) is 0 Å². The highest BCUT2D eigenvalue weighted by molar-refractivity contribution is 5.97. The van der Waals surface area contributed by atoms with Crippen LogP contribution in [-0.2, 0) is 4.79 Å². The molecule has 0 heterocycles. The van der Waals surface area contributed by atoms with Crippen molar-refractivity contribution in [1.82, 2.24) is 10.8 Å². The van der Waals surface area contributed by atoms with Crippen LogP contribution in [0.3, 0.4) is 0 Å². The number of nitrogens with two attached hydrogens (primary N) is 2. The van der Waals surface area contributed by atoms with Crippen LogP contribution in [0.25, 0.3) is 0 Å². The van der Waals surface area contributed by atoms with Crippen molar-refractivity contribution < 1.29 is 14.8 Å². The molecule has 0 aliphatic carbocycles. The molecule has 2 aromatic rings. The fraction of sp³-hybridized carbons (Fsp3) is 0.100. The zero-order chi connectivity index (χ0) is 19.6. The number of anilines is 1. The number of amides is 2. The first-order valence-corrected chi connectivity index (χ1v) is 7.96. The number of hydrogen-bond donors (Lipinski definition) is 5. The molecule has 7 heteroatoms. The van der Waals surface area contributed by atoms with E-state index < -0.39 is 17.9 Å². The first-order valence-electron chi connectivity index (χ1n) is 7.96. The maximum Gasteiger partial charge on any atom is 0.267 e. The number of benzene rings is 2. The smallest absolute Gasteiger partial charge is 0.267 e. The average Bonchev–Trinajstić information content (AvgIpc) is 2.70. The summed E-state index contributed by atoms with van der Waals surface area (Å²) >= 11 is 0. The molecule has 1 unspecified atom stereocenters. The quantitative estimate of drug-likeness (QED) is 0.230. The molecule has 27 heavy (non-hydrogen) atoms. The predicted octanol–water partition coefficient (Wildman–Crippen LogP) is 0.234. The van der Waals surface area contributed by atoms with Gasteiger partial charge in [-0.05, 0) is 60.4 Å². The van der Waals surface area contributed by atoms with E-state index in [9.17, 15) is 9.59 Å². The SMILES string of the molecule is NCC(NC(=O)c1ccc(C#CC#Cc2ccc(N)cc2)cc1)C(=O)NO. The van der Waals surface area contributed by atoms with Crippen molar-refractivity contribution in [2.24, 2.45) is 5.73 Å². The average molecular weight is 362 g/mol. The molecule has 2 amide bonds. The van der Waals surface area contributed by atoms with Crippen LogP contribution in [0.2, 0.25) is 0 Å². The Balaban J connectivity index is 2.00. The Bertz CT molecular complexity index is 930. The summed E-state index contributed by atoms with van der Waals surface area (Å²) in [5.41, 5.74) is 14.9. The first-order chi connectivity index (χ1) is 13.0. The molecular formula is C20H18N4O3. The van der Waals surface area contributed by atoms with Crippen molar-refractivity contribution in [3.8, 4) is 23.7 Å². The van der Waals surface area contributed by atoms with Crippen molar-refractivity contribution >= 4 is 17.5 Å². The van der Waals surface area contributed by atoms with Gasteiger partial charge in [-0.3, -0.25) is 14.8 Å². The number of nitrogens with one attached hydrogen (secondary N) is 2. The molecule has 7 nitrogen and oxygen atoms in total. The number of hydroxylamine groups is 1. The van der Waals surface area contributed by atoms with E-state index in [1.54, 1.807) is 36.4 Å². The van der Waals surface area contributed by atoms with Crippen LogP contribution < -0.4 is 22.3 Å². The highest BCUT2D eigenvalue weighted by Gasteiger charge is 2.19. The molecule has 0 radical (unpaired) electrons. The number of hydrogen-bond acceptors (Lipinski definition) is 5. The second kappa shape index (κ2) is 9.64. The molecule has 0 fully saturated rings. The Kier molecular flexibility index (Phi) is 6.98. The van der Waals surface area contributed by atoms with Crippen molar-refractivity contribution in [2.75, 3.05) is 12.3 Å². The summed E-state index contributed by atoms with van der Waals surface area (Å²) in [7, 11) is 0. The normalized spacial score (nSPS) is 10.4. The van der Waals surface area contributed by atoms with Gasteiger partial charge in [-0.2, -0.15) is 0 Å². The van der Waals surface area contributed by atoms with E-state index in [-0.39, 0.29) is 6.54 Å². The predicted molar refractivity (Wildman–Crippen MR) is 101 cm³/mol. The summed E-state index contributed by atoms with van der Waals surface area (Å²) in [6.45, 7) is -0.144. The lowest BCUT2D eigenvalue weighted by Crippen LogP contribution is -2.50. The number of rotatable bonds is 4. The number of nitrogen functional groups attached to an aromatic ring is 1. The van der Waals surface area contributed by atoms with Gasteiger partial charge in [-0.25, -0.2) is 5.48 Å². The Morgan fingerprint density at radius 3 is 1.96 bits per heavy atom. The van der Waals surface area contributed by atoms with Crippen molar-refractivity contribution in [3.63, 3.8) is 0 Å². The zero-order valence-corrected chi connectivity index (χ0v) is 14.3. The molecule has 2 aromatic carbocycles. The van der Waals surface area contributed by atoms with Crippen molar-refractivity contribution in [1.29, 1.82) is 0 Å². The number of carbonyl (C=O) groups is 2. The van der Waals surface area contributed by atoms with Gasteiger partial charge in [0.25, 0.3) is 11.8 Å². The minimum atomic E-state index is -1.02. The molecular weight excluding hydrogens is 344 g/mol. The van der Waals surface area contributed by atoms with Gasteiger partial charge in [0, 0.05) is 28.9 Å². The Morgan fingerprint density at radius 2 is 1.48 bits per heavy atom. The molecule has 0 saturated carbocycles. The molecule has 1 atom stereocenters. The van der Waals surface area contributed by atoms with Gasteiger partial charge in [0.1, 0.15) is 6.04 Å². The second-order valence-corrected chi connectivity index (χ2v) is 5.44. The lowest BCUT2D eigenvalue weighted by atomic mass is 10.1. The Hall–Kier alpha value is -3.78. The topological polar surface area (TPSA) is 130 Å². The summed E-state index contributed by atoms with van der Waals surface area (Å²) in [6, 6.07) is 12.6. The second-order valence-electron chi connectivity index (χ2n) is 5.44. The first kappa shape index (κ1) is 19.5. The van der Waals surface area contributed by atoms with E-state index in [4.69, 9.17) is 16.7 Å². The minimum Gasteiger partial charge on any atom is -0.399 e. The Morgan fingerprint density at radius 1 is 0.963 bits per heavy atom. The summed E-state index contributed by atoms with van der Waals surface area (Å²) < 4.78 is 0. The van der Waals surface area contributed by atoms with E-state index in [1.165, 1.54) is 5.48 Å². The monoisotopic (exact) mass is 362 g/mol. The van der Waals surface area contributed by atoms with Gasteiger partial charge in [0.2, 0.25) is 0 Å². The fourth-order valence-corrected chi connectivity index (χ4v) is 2.03. The van der Waals surface area contributed by atoms with Gasteiger partial charge >= 0.3 is 0 Å². The Labute approximate surface area is 156 Å². The van der Waals surface area contributed by atoms with Gasteiger partial charge in [-0.1, -0.05) is 11.8 Å². The van der Waals surface area contributed by atoms with Crippen molar-refractivity contribution in [2.45, 2.75) is 6.04 Å². The van der Waals surface area contributed by atoms with E-state index in [2.05, 4.69) is 29.0 Å². The third kappa shape index (κ3) is 5.91. The summed E-state index contributed by atoms with van der Waals surface area (Å²) in [5, 5.41) is 11.0. The van der Waals surface area contributed by atoms with Crippen LogP contribution in [0.1, 0.15) is 21.5 Å². The van der Waals surface area contributed by atoms with Crippen LogP contribution in [0.15, 0.2) is 48.5 Å². The number of carbonyl (C=O) groups excluding carboxylic acids is 2. The van der Waals surface area contributed by atoms with Gasteiger partial charge < -0.3 is 16.8 Å². The third-order valence-electron chi connectivity index (χ3n) is 3.50. The van der Waals surface area contributed by atoms with Gasteiger partial charge in [-0.15, -0.1) is 0 Å². The molecule has 0 aromatic heterocycles. The highest BCUT2D eigenvalue weighted by atomic mass is 16.5. The van der Waals surface area contributed by atoms with Crippen molar-refractivity contribution in [3.05, 3.63) is 65.2 Å². The van der Waals surface area contributed by atoms with E-state index in [0.717, 1.165) is 5.56 Å². The third-order valence-corrected chi connectivity index (χ3v) is 3.50. The van der Waals surface area contributed by atoms with Crippen LogP contribution in [0.5, 0.6) is 0 Å². The van der Waals surface area contributed by atoms with Gasteiger partial charge in [0.15, 0.2) is 0 Å². The molecule has 0 aliphatic rings. The summed E-state index contributed by atoms with van der Waals surface area (Å²) in [5.74, 6) is 9.99. The molecule has 136 valence electrons. The molecule has 0 spiro atoms. The van der Waals surface area contributed by atoms with E-state index >= 15 is 0 Å². The van der Waals surface area contributed by atoms with Crippen LogP contribution >= 0.6 is 0 Å². The standard InChI is InChI=1S/C20H18N4O3/c21-13-18(20(26)24-27)23-19(25)16-9-5-14(6-10-16)3-1-2-4-15-7-11-17(22)12-8-15/h5-12,18,27H,13,21-22H2,(H,23,25)(H,24,26). The fourth-order valence-electron chi connectivity index (χ4n) is 2.03. The van der Waals surface area contributed by atoms with Crippen LogP contribution in [-0.4, -0.2) is 29.6 Å². The van der Waals surface area contributed by atoms with Crippen LogP contribution in [0.4, 0.5) is 5.69 Å². The lowest BCUT2D eigenvalue weighted by molar-refractivity contribution is -0.130. The summed E-state index contributed by atoms with van der Waals surface area (Å²) in [6.07, 6.45) is 0. The largest absolute Gasteiger partial charge is 0.399 e. The maximum atomic E-state index is 12.1. The van der Waals surface area contributed by atoms with E-state index in [1.807, 2.05) is 12.1 Å². The molecule has 2 rings (SSSR count). The lowest BCUT2D eigenvalue weighted by Gasteiger charge is -2.14. The molecule has 7 N–H and O–H groups in total. The summed E-state index contributed by atoms with van der Waals surface area (Å²) in [4.78, 5) is 23.4. The minimum absolute atomic E-state index is 0.144. The molecule has 0 bridgehead atoms.